The van der Waals surface area contributed by atoms with Crippen molar-refractivity contribution < 1.29 is 9.18 Å². The van der Waals surface area contributed by atoms with Crippen LogP contribution in [0.15, 0.2) is 58.7 Å². The van der Waals surface area contributed by atoms with Gasteiger partial charge in [0.1, 0.15) is 18.1 Å². The molecule has 0 spiro atoms. The van der Waals surface area contributed by atoms with Gasteiger partial charge in [0, 0.05) is 32.2 Å². The molecule has 0 radical (unpaired) electrons. The molecule has 0 atom stereocenters. The Balaban J connectivity index is 1.42. The highest BCUT2D eigenvalue weighted by Crippen LogP contribution is 2.22. The lowest BCUT2D eigenvalue weighted by atomic mass is 10.2. The van der Waals surface area contributed by atoms with Gasteiger partial charge >= 0.3 is 0 Å². The SMILES string of the molecule is O=C(Cn1nc(-c2cccs2)ccc1=O)N1CCN(c2ccccc2F)CC1. The topological polar surface area (TPSA) is 58.4 Å². The molecule has 0 saturated carbocycles. The van der Waals surface area contributed by atoms with Gasteiger partial charge in [0.05, 0.1) is 10.6 Å². The average molecular weight is 398 g/mol. The highest BCUT2D eigenvalue weighted by Gasteiger charge is 2.23. The molecule has 0 bridgehead atoms. The normalized spacial score (nSPS) is 14.3. The molecule has 0 unspecified atom stereocenters. The average Bonchev–Trinajstić information content (AvgIpc) is 3.25. The summed E-state index contributed by atoms with van der Waals surface area (Å²) >= 11 is 1.53. The zero-order chi connectivity index (χ0) is 19.5. The minimum atomic E-state index is -0.307. The third kappa shape index (κ3) is 3.82. The Bertz CT molecular complexity index is 1030. The second kappa shape index (κ2) is 7.93. The number of rotatable bonds is 4. The summed E-state index contributed by atoms with van der Waals surface area (Å²) in [6.07, 6.45) is 0. The van der Waals surface area contributed by atoms with Crippen LogP contribution in [0.1, 0.15) is 0 Å². The molecule has 1 aromatic carbocycles. The van der Waals surface area contributed by atoms with Crippen molar-refractivity contribution in [2.24, 2.45) is 0 Å². The number of hydrogen-bond donors (Lipinski definition) is 0. The minimum absolute atomic E-state index is 0.0995. The van der Waals surface area contributed by atoms with E-state index < -0.39 is 0 Å². The van der Waals surface area contributed by atoms with E-state index in [1.165, 1.54) is 28.2 Å². The van der Waals surface area contributed by atoms with Gasteiger partial charge in [-0.25, -0.2) is 9.07 Å². The molecule has 28 heavy (non-hydrogen) atoms. The van der Waals surface area contributed by atoms with Crippen LogP contribution in [0, 0.1) is 5.82 Å². The first kappa shape index (κ1) is 18.4. The number of benzene rings is 1. The summed E-state index contributed by atoms with van der Waals surface area (Å²) < 4.78 is 15.2. The lowest BCUT2D eigenvalue weighted by molar-refractivity contribution is -0.132. The fourth-order valence-corrected chi connectivity index (χ4v) is 3.94. The molecule has 1 saturated heterocycles. The quantitative estimate of drug-likeness (QED) is 0.678. The van der Waals surface area contributed by atoms with E-state index in [1.807, 2.05) is 22.4 Å². The van der Waals surface area contributed by atoms with E-state index in [2.05, 4.69) is 5.10 Å². The standard InChI is InChI=1S/C20H19FN4O2S/c21-15-4-1-2-5-17(15)23-9-11-24(12-10-23)20(27)14-25-19(26)8-7-16(22-25)18-6-3-13-28-18/h1-8,13H,9-12,14H2. The Morgan fingerprint density at radius 1 is 1.04 bits per heavy atom. The Morgan fingerprint density at radius 3 is 2.54 bits per heavy atom. The van der Waals surface area contributed by atoms with Crippen LogP contribution in [0.25, 0.3) is 10.6 Å². The number of hydrogen-bond acceptors (Lipinski definition) is 5. The first-order chi connectivity index (χ1) is 13.6. The number of anilines is 1. The van der Waals surface area contributed by atoms with Crippen LogP contribution < -0.4 is 10.5 Å². The van der Waals surface area contributed by atoms with Gasteiger partial charge < -0.3 is 9.80 Å². The molecule has 1 aliphatic heterocycles. The van der Waals surface area contributed by atoms with Crippen molar-refractivity contribution in [1.29, 1.82) is 0 Å². The molecule has 1 aliphatic rings. The minimum Gasteiger partial charge on any atom is -0.366 e. The van der Waals surface area contributed by atoms with E-state index >= 15 is 0 Å². The zero-order valence-corrected chi connectivity index (χ0v) is 15.9. The molecule has 0 N–H and O–H groups in total. The largest absolute Gasteiger partial charge is 0.366 e. The molecule has 0 aliphatic carbocycles. The molecular weight excluding hydrogens is 379 g/mol. The maximum absolute atomic E-state index is 13.9. The van der Waals surface area contributed by atoms with Gasteiger partial charge in [-0.1, -0.05) is 18.2 Å². The maximum atomic E-state index is 13.9. The van der Waals surface area contributed by atoms with Gasteiger partial charge in [0.25, 0.3) is 5.56 Å². The van der Waals surface area contributed by atoms with Crippen LogP contribution in [0.3, 0.4) is 0 Å². The predicted octanol–water partition coefficient (Wildman–Crippen LogP) is 2.46. The molecule has 1 amide bonds. The first-order valence-electron chi connectivity index (χ1n) is 9.01. The second-order valence-electron chi connectivity index (χ2n) is 6.51. The molecule has 8 heteroatoms. The number of amides is 1. The molecule has 144 valence electrons. The van der Waals surface area contributed by atoms with Crippen molar-refractivity contribution >= 4 is 22.9 Å². The van der Waals surface area contributed by atoms with Gasteiger partial charge in [-0.2, -0.15) is 5.10 Å². The zero-order valence-electron chi connectivity index (χ0n) is 15.1. The molecular formula is C20H19FN4O2S. The van der Waals surface area contributed by atoms with Gasteiger partial charge in [-0.3, -0.25) is 9.59 Å². The van der Waals surface area contributed by atoms with E-state index in [0.717, 1.165) is 4.88 Å². The summed E-state index contributed by atoms with van der Waals surface area (Å²) in [6, 6.07) is 13.6. The van der Waals surface area contributed by atoms with Gasteiger partial charge in [0.2, 0.25) is 5.91 Å². The monoisotopic (exact) mass is 398 g/mol. The Hall–Kier alpha value is -3.00. The lowest BCUT2D eigenvalue weighted by Crippen LogP contribution is -2.50. The molecule has 2 aromatic heterocycles. The highest BCUT2D eigenvalue weighted by atomic mass is 32.1. The van der Waals surface area contributed by atoms with E-state index in [1.54, 1.807) is 29.2 Å². The van der Waals surface area contributed by atoms with Crippen molar-refractivity contribution in [1.82, 2.24) is 14.7 Å². The summed E-state index contributed by atoms with van der Waals surface area (Å²) in [5.74, 6) is -0.422. The van der Waals surface area contributed by atoms with Crippen molar-refractivity contribution in [3.63, 3.8) is 0 Å². The Labute approximate surface area is 165 Å². The van der Waals surface area contributed by atoms with E-state index in [-0.39, 0.29) is 23.8 Å². The van der Waals surface area contributed by atoms with Crippen LogP contribution in [-0.2, 0) is 11.3 Å². The number of carbonyl (C=O) groups is 1. The number of nitrogens with zero attached hydrogens (tertiary/aromatic N) is 4. The molecule has 4 rings (SSSR count). The number of aromatic nitrogens is 2. The fraction of sp³-hybridized carbons (Fsp3) is 0.250. The highest BCUT2D eigenvalue weighted by molar-refractivity contribution is 7.13. The van der Waals surface area contributed by atoms with Crippen molar-refractivity contribution in [3.05, 3.63) is 70.1 Å². The first-order valence-corrected chi connectivity index (χ1v) is 9.89. The van der Waals surface area contributed by atoms with Crippen LogP contribution in [0.2, 0.25) is 0 Å². The number of halogens is 1. The third-order valence-corrected chi connectivity index (χ3v) is 5.64. The summed E-state index contributed by atoms with van der Waals surface area (Å²) in [5.41, 5.74) is 0.918. The van der Waals surface area contributed by atoms with Gasteiger partial charge in [-0.15, -0.1) is 11.3 Å². The van der Waals surface area contributed by atoms with Gasteiger partial charge in [0.15, 0.2) is 0 Å². The maximum Gasteiger partial charge on any atom is 0.267 e. The smallest absolute Gasteiger partial charge is 0.267 e. The molecule has 3 heterocycles. The second-order valence-corrected chi connectivity index (χ2v) is 7.46. The summed E-state index contributed by atoms with van der Waals surface area (Å²) in [5, 5.41) is 6.27. The third-order valence-electron chi connectivity index (χ3n) is 4.75. The Morgan fingerprint density at radius 2 is 1.82 bits per heavy atom. The Kier molecular flexibility index (Phi) is 5.21. The van der Waals surface area contributed by atoms with Gasteiger partial charge in [-0.05, 0) is 29.6 Å². The fourth-order valence-electron chi connectivity index (χ4n) is 3.25. The number of thiophene rings is 1. The number of carbonyl (C=O) groups excluding carboxylic acids is 1. The van der Waals surface area contributed by atoms with Crippen molar-refractivity contribution in [2.45, 2.75) is 6.54 Å². The van der Waals surface area contributed by atoms with Crippen LogP contribution in [0.5, 0.6) is 0 Å². The lowest BCUT2D eigenvalue weighted by Gasteiger charge is -2.36. The van der Waals surface area contributed by atoms with Crippen molar-refractivity contribution in [2.75, 3.05) is 31.1 Å². The summed E-state index contributed by atoms with van der Waals surface area (Å²) in [6.45, 7) is 1.95. The molecule has 6 nitrogen and oxygen atoms in total. The van der Waals surface area contributed by atoms with Crippen LogP contribution in [0.4, 0.5) is 10.1 Å². The van der Waals surface area contributed by atoms with Crippen molar-refractivity contribution in [3.8, 4) is 10.6 Å². The van der Waals surface area contributed by atoms with Crippen LogP contribution >= 0.6 is 11.3 Å². The van der Waals surface area contributed by atoms with E-state index in [4.69, 9.17) is 0 Å². The number of piperazine rings is 1. The van der Waals surface area contributed by atoms with E-state index in [0.29, 0.717) is 37.6 Å². The van der Waals surface area contributed by atoms with Crippen LogP contribution in [-0.4, -0.2) is 46.8 Å². The predicted molar refractivity (Wildman–Crippen MR) is 107 cm³/mol. The summed E-state index contributed by atoms with van der Waals surface area (Å²) in [7, 11) is 0. The number of para-hydroxylation sites is 1. The molecule has 1 fully saturated rings. The summed E-state index contributed by atoms with van der Waals surface area (Å²) in [4.78, 5) is 29.4. The molecule has 3 aromatic rings. The van der Waals surface area contributed by atoms with E-state index in [9.17, 15) is 14.0 Å².